The number of carbonyl (C=O) groups is 3. The van der Waals surface area contributed by atoms with Crippen molar-refractivity contribution in [3.05, 3.63) is 0 Å². The van der Waals surface area contributed by atoms with Crippen molar-refractivity contribution in [2.75, 3.05) is 26.3 Å². The Balaban J connectivity index is 1.45. The largest absolute Gasteiger partial charge is 0.481 e. The van der Waals surface area contributed by atoms with E-state index < -0.39 is 36.8 Å². The van der Waals surface area contributed by atoms with Crippen LogP contribution in [0.15, 0.2) is 0 Å². The maximum absolute atomic E-state index is 13.3. The molecule has 5 fully saturated rings. The van der Waals surface area contributed by atoms with Crippen LogP contribution in [0.4, 0.5) is 4.79 Å². The Morgan fingerprint density at radius 1 is 1.17 bits per heavy atom. The third-order valence-corrected chi connectivity index (χ3v) is 8.62. The fourth-order valence-electron chi connectivity index (χ4n) is 6.52. The Morgan fingerprint density at radius 2 is 1.86 bits per heavy atom. The summed E-state index contributed by atoms with van der Waals surface area (Å²) in [4.78, 5) is 39.1. The van der Waals surface area contributed by atoms with Gasteiger partial charge in [-0.05, 0) is 49.4 Å². The Bertz CT molecular complexity index is 834. The summed E-state index contributed by atoms with van der Waals surface area (Å²) in [6.07, 6.45) is -0.0461. The summed E-state index contributed by atoms with van der Waals surface area (Å²) >= 11 is 0. The van der Waals surface area contributed by atoms with E-state index in [-0.39, 0.29) is 29.8 Å². The monoisotopic (exact) mass is 493 g/mol. The molecule has 2 saturated heterocycles. The van der Waals surface area contributed by atoms with Crippen LogP contribution in [0.5, 0.6) is 0 Å². The van der Waals surface area contributed by atoms with E-state index in [0.29, 0.717) is 44.6 Å². The van der Waals surface area contributed by atoms with E-state index in [0.717, 1.165) is 12.8 Å². The molecule has 0 aromatic carbocycles. The Morgan fingerprint density at radius 3 is 2.46 bits per heavy atom. The van der Waals surface area contributed by atoms with Crippen LogP contribution in [-0.2, 0) is 28.4 Å². The zero-order chi connectivity index (χ0) is 25.5. The molecule has 35 heavy (non-hydrogen) atoms. The van der Waals surface area contributed by atoms with E-state index in [9.17, 15) is 14.4 Å². The average molecular weight is 493 g/mol. The number of nitrogens with zero attached hydrogens (tertiary/aromatic N) is 1. The number of carbonyl (C=O) groups excluding carboxylic acids is 3. The summed E-state index contributed by atoms with van der Waals surface area (Å²) in [5.41, 5.74) is 5.03. The zero-order valence-electron chi connectivity index (χ0n) is 21.6. The first-order valence-electron chi connectivity index (χ1n) is 12.9. The normalized spacial score (nSPS) is 32.9. The first-order valence-corrected chi connectivity index (χ1v) is 12.9. The van der Waals surface area contributed by atoms with Crippen LogP contribution in [0.3, 0.4) is 0 Å². The first-order chi connectivity index (χ1) is 16.4. The van der Waals surface area contributed by atoms with E-state index in [2.05, 4.69) is 39.9 Å². The molecule has 0 aromatic heterocycles. The smallest absolute Gasteiger partial charge is 0.436 e. The second kappa shape index (κ2) is 9.90. The molecule has 11 heteroatoms. The summed E-state index contributed by atoms with van der Waals surface area (Å²) in [7, 11) is -0.615. The van der Waals surface area contributed by atoms with Gasteiger partial charge in [0.15, 0.2) is 6.10 Å². The molecule has 3 aliphatic carbocycles. The number of amides is 3. The number of nitrogens with two attached hydrogens (primary N) is 1. The SMILES string of the molecule is CC(C)C[C@H](NC(=O)[C@@H](CC(=O)N1CCOCC1)OC(N)=O)B1O[C@@H]2C[C@@H]3C[C@@H](C3(C)C)[C@]2(C)O1. The van der Waals surface area contributed by atoms with Gasteiger partial charge in [0.25, 0.3) is 5.91 Å². The van der Waals surface area contributed by atoms with Gasteiger partial charge in [0, 0.05) is 13.1 Å². The van der Waals surface area contributed by atoms with Gasteiger partial charge in [-0.1, -0.05) is 27.7 Å². The second-order valence-electron chi connectivity index (χ2n) is 11.7. The molecule has 196 valence electrons. The van der Waals surface area contributed by atoms with Crippen LogP contribution < -0.4 is 11.1 Å². The highest BCUT2D eigenvalue weighted by atomic mass is 16.7. The van der Waals surface area contributed by atoms with Crippen LogP contribution in [0, 0.1) is 23.2 Å². The molecule has 0 spiro atoms. The van der Waals surface area contributed by atoms with Crippen molar-refractivity contribution in [1.29, 1.82) is 0 Å². The maximum Gasteiger partial charge on any atom is 0.481 e. The van der Waals surface area contributed by atoms with E-state index >= 15 is 0 Å². The number of rotatable bonds is 8. The summed E-state index contributed by atoms with van der Waals surface area (Å²) in [6, 6.07) is 0. The van der Waals surface area contributed by atoms with Gasteiger partial charge in [0.05, 0.1) is 37.3 Å². The summed E-state index contributed by atoms with van der Waals surface area (Å²) < 4.78 is 23.3. The number of nitrogens with one attached hydrogen (secondary N) is 1. The van der Waals surface area contributed by atoms with Crippen LogP contribution in [-0.4, -0.2) is 80.0 Å². The minimum absolute atomic E-state index is 0.0172. The maximum atomic E-state index is 13.3. The Kier molecular flexibility index (Phi) is 7.42. The quantitative estimate of drug-likeness (QED) is 0.490. The molecule has 5 aliphatic rings. The van der Waals surface area contributed by atoms with E-state index in [1.54, 1.807) is 4.90 Å². The van der Waals surface area contributed by atoms with Crippen molar-refractivity contribution in [2.24, 2.45) is 28.9 Å². The van der Waals surface area contributed by atoms with E-state index in [1.165, 1.54) is 0 Å². The molecule has 3 saturated carbocycles. The van der Waals surface area contributed by atoms with Crippen molar-refractivity contribution in [3.63, 3.8) is 0 Å². The predicted molar refractivity (Wildman–Crippen MR) is 128 cm³/mol. The van der Waals surface area contributed by atoms with Gasteiger partial charge < -0.3 is 34.7 Å². The minimum atomic E-state index is -1.33. The van der Waals surface area contributed by atoms with Crippen molar-refractivity contribution < 1.29 is 33.2 Å². The number of hydrogen-bond donors (Lipinski definition) is 2. The summed E-state index contributed by atoms with van der Waals surface area (Å²) in [5.74, 6) is -0.0555. The molecule has 10 nitrogen and oxygen atoms in total. The third kappa shape index (κ3) is 5.18. The van der Waals surface area contributed by atoms with Crippen LogP contribution in [0.25, 0.3) is 0 Å². The van der Waals surface area contributed by atoms with Gasteiger partial charge >= 0.3 is 13.2 Å². The molecule has 2 aliphatic heterocycles. The van der Waals surface area contributed by atoms with Gasteiger partial charge in [0.2, 0.25) is 5.91 Å². The Labute approximate surface area is 208 Å². The fourth-order valence-corrected chi connectivity index (χ4v) is 6.52. The minimum Gasteiger partial charge on any atom is -0.436 e. The second-order valence-corrected chi connectivity index (χ2v) is 11.7. The molecule has 6 atom stereocenters. The number of ether oxygens (including phenoxy) is 2. The summed E-state index contributed by atoms with van der Waals surface area (Å²) in [6.45, 7) is 12.6. The molecule has 3 N–H and O–H groups in total. The van der Waals surface area contributed by atoms with Crippen molar-refractivity contribution >= 4 is 25.0 Å². The van der Waals surface area contributed by atoms with Gasteiger partial charge in [-0.2, -0.15) is 0 Å². The van der Waals surface area contributed by atoms with Crippen LogP contribution >= 0.6 is 0 Å². The topological polar surface area (TPSA) is 129 Å². The van der Waals surface area contributed by atoms with E-state index in [4.69, 9.17) is 24.5 Å². The molecule has 2 heterocycles. The highest BCUT2D eigenvalue weighted by Gasteiger charge is 2.68. The lowest BCUT2D eigenvalue weighted by Gasteiger charge is -2.64. The number of primary amides is 1. The highest BCUT2D eigenvalue weighted by molar-refractivity contribution is 6.47. The molecular formula is C24H40BN3O7. The van der Waals surface area contributed by atoms with Crippen molar-refractivity contribution in [3.8, 4) is 0 Å². The van der Waals surface area contributed by atoms with Gasteiger partial charge in [-0.3, -0.25) is 9.59 Å². The number of morpholine rings is 1. The molecule has 5 rings (SSSR count). The molecule has 2 bridgehead atoms. The number of hydrogen-bond acceptors (Lipinski definition) is 7. The van der Waals surface area contributed by atoms with Gasteiger partial charge in [-0.15, -0.1) is 0 Å². The van der Waals surface area contributed by atoms with Crippen LogP contribution in [0.1, 0.15) is 60.3 Å². The fraction of sp³-hybridized carbons (Fsp3) is 0.875. The first kappa shape index (κ1) is 26.2. The highest BCUT2D eigenvalue weighted by Crippen LogP contribution is 2.65. The van der Waals surface area contributed by atoms with Crippen molar-refractivity contribution in [2.45, 2.75) is 84.1 Å². The molecule has 0 radical (unpaired) electrons. The molecule has 0 aromatic rings. The lowest BCUT2D eigenvalue weighted by Crippen LogP contribution is -2.65. The third-order valence-electron chi connectivity index (χ3n) is 8.62. The summed E-state index contributed by atoms with van der Waals surface area (Å²) in [5, 5.41) is 2.96. The van der Waals surface area contributed by atoms with E-state index in [1.807, 2.05) is 0 Å². The Hall–Kier alpha value is -1.85. The predicted octanol–water partition coefficient (Wildman–Crippen LogP) is 1.50. The lowest BCUT2D eigenvalue weighted by atomic mass is 9.43. The van der Waals surface area contributed by atoms with Crippen molar-refractivity contribution in [1.82, 2.24) is 10.2 Å². The standard InChI is InChI=1S/C24H40BN3O7/c1-14(2)10-19(25-34-18-12-15-11-17(23(15,3)4)24(18,5)35-25)27-21(30)16(33-22(26)31)13-20(29)28-6-8-32-9-7-28/h14-19H,6-13H2,1-5H3,(H2,26,31)(H,27,30)/t15-,16+,17-,18+,19-,24-/m0/s1. The molecule has 0 unspecified atom stereocenters. The average Bonchev–Trinajstić information content (AvgIpc) is 3.15. The zero-order valence-corrected chi connectivity index (χ0v) is 21.6. The van der Waals surface area contributed by atoms with Gasteiger partial charge in [0.1, 0.15) is 0 Å². The lowest BCUT2D eigenvalue weighted by molar-refractivity contribution is -0.199. The van der Waals surface area contributed by atoms with Crippen LogP contribution in [0.2, 0.25) is 0 Å². The molecule has 3 amide bonds. The van der Waals surface area contributed by atoms with Gasteiger partial charge in [-0.25, -0.2) is 4.79 Å². The molecular weight excluding hydrogens is 453 g/mol.